The quantitative estimate of drug-likeness (QED) is 0.878. The van der Waals surface area contributed by atoms with Crippen molar-refractivity contribution in [3.63, 3.8) is 0 Å². The van der Waals surface area contributed by atoms with E-state index in [4.69, 9.17) is 10.5 Å². The van der Waals surface area contributed by atoms with E-state index < -0.39 is 10.8 Å². The average molecular weight is 312 g/mol. The minimum absolute atomic E-state index is 0.240. The lowest BCUT2D eigenvalue weighted by molar-refractivity contribution is 0.0961. The fraction of sp³-hybridized carbons (Fsp3) is 0.308. The van der Waals surface area contributed by atoms with Crippen molar-refractivity contribution in [3.05, 3.63) is 23.1 Å². The number of nitrogen functional groups attached to an aromatic ring is 1. The van der Waals surface area contributed by atoms with Gasteiger partial charge in [-0.25, -0.2) is 0 Å². The number of hydrogen-bond acceptors (Lipinski definition) is 5. The van der Waals surface area contributed by atoms with Gasteiger partial charge in [-0.15, -0.1) is 11.3 Å². The summed E-state index contributed by atoms with van der Waals surface area (Å²) < 4.78 is 17.2. The Morgan fingerprint density at radius 2 is 2.25 bits per heavy atom. The van der Waals surface area contributed by atoms with Crippen LogP contribution in [0.4, 0.5) is 5.69 Å². The molecule has 2 rings (SSSR count). The van der Waals surface area contributed by atoms with E-state index in [1.54, 1.807) is 13.4 Å². The Morgan fingerprint density at radius 1 is 1.50 bits per heavy atom. The molecule has 0 radical (unpaired) electrons. The van der Waals surface area contributed by atoms with Gasteiger partial charge in [0.15, 0.2) is 0 Å². The number of carbonyl (C=O) groups excluding carboxylic acids is 1. The molecule has 1 heterocycles. The number of fused-ring (bicyclic) bond motifs is 1. The van der Waals surface area contributed by atoms with Crippen LogP contribution in [-0.2, 0) is 10.8 Å². The molecule has 1 amide bonds. The number of carbonyl (C=O) groups is 1. The van der Waals surface area contributed by atoms with Gasteiger partial charge in [0.2, 0.25) is 0 Å². The first-order valence-corrected chi connectivity index (χ1v) is 8.52. The van der Waals surface area contributed by atoms with Gasteiger partial charge in [0.25, 0.3) is 5.91 Å². The fourth-order valence-electron chi connectivity index (χ4n) is 1.87. The molecule has 0 saturated carbocycles. The molecule has 2 aromatic rings. The zero-order chi connectivity index (χ0) is 14.7. The standard InChI is InChI=1S/C13H16N2O3S2/c1-18-8-4-3-5-9-10(8)11(14)12(19-9)13(16)15-6-7-20(2)17/h3-5H,6-7,14H2,1-2H3,(H,15,16). The van der Waals surface area contributed by atoms with Gasteiger partial charge >= 0.3 is 0 Å². The van der Waals surface area contributed by atoms with Gasteiger partial charge in [-0.1, -0.05) is 6.07 Å². The number of hydrogen-bond donors (Lipinski definition) is 2. The first-order valence-electron chi connectivity index (χ1n) is 5.97. The number of benzene rings is 1. The molecule has 1 aromatic carbocycles. The van der Waals surface area contributed by atoms with E-state index in [1.807, 2.05) is 18.2 Å². The molecule has 1 unspecified atom stereocenters. The Balaban J connectivity index is 2.29. The summed E-state index contributed by atoms with van der Waals surface area (Å²) in [5, 5.41) is 3.49. The van der Waals surface area contributed by atoms with Crippen LogP contribution in [0.2, 0.25) is 0 Å². The van der Waals surface area contributed by atoms with Gasteiger partial charge in [0, 0.05) is 34.1 Å². The van der Waals surface area contributed by atoms with Crippen molar-refractivity contribution in [3.8, 4) is 5.75 Å². The zero-order valence-electron chi connectivity index (χ0n) is 11.3. The van der Waals surface area contributed by atoms with Crippen LogP contribution in [0, 0.1) is 0 Å². The summed E-state index contributed by atoms with van der Waals surface area (Å²) in [5.41, 5.74) is 6.49. The molecule has 5 nitrogen and oxygen atoms in total. The van der Waals surface area contributed by atoms with Gasteiger partial charge in [0.05, 0.1) is 18.2 Å². The number of nitrogens with two attached hydrogens (primary N) is 1. The average Bonchev–Trinajstić information content (AvgIpc) is 2.76. The summed E-state index contributed by atoms with van der Waals surface area (Å²) in [6.45, 7) is 0.368. The number of ether oxygens (including phenoxy) is 1. The number of nitrogens with one attached hydrogen (secondary N) is 1. The first kappa shape index (κ1) is 14.8. The van der Waals surface area contributed by atoms with E-state index in [9.17, 15) is 9.00 Å². The van der Waals surface area contributed by atoms with Gasteiger partial charge in [0.1, 0.15) is 10.6 Å². The van der Waals surface area contributed by atoms with Crippen LogP contribution in [0.15, 0.2) is 18.2 Å². The monoisotopic (exact) mass is 312 g/mol. The van der Waals surface area contributed by atoms with Gasteiger partial charge < -0.3 is 15.8 Å². The summed E-state index contributed by atoms with van der Waals surface area (Å²) in [6.07, 6.45) is 1.60. The number of methoxy groups -OCH3 is 1. The van der Waals surface area contributed by atoms with Crippen LogP contribution >= 0.6 is 11.3 Å². The number of anilines is 1. The highest BCUT2D eigenvalue weighted by Gasteiger charge is 2.18. The Hall–Kier alpha value is -1.60. The van der Waals surface area contributed by atoms with E-state index in [0.29, 0.717) is 28.6 Å². The summed E-state index contributed by atoms with van der Waals surface area (Å²) in [7, 11) is 0.645. The molecule has 0 aliphatic heterocycles. The highest BCUT2D eigenvalue weighted by atomic mass is 32.2. The summed E-state index contributed by atoms with van der Waals surface area (Å²) in [5.74, 6) is 0.848. The molecule has 0 fully saturated rings. The maximum atomic E-state index is 12.1. The summed E-state index contributed by atoms with van der Waals surface area (Å²) >= 11 is 1.33. The molecule has 3 N–H and O–H groups in total. The Kier molecular flexibility index (Phi) is 4.61. The predicted molar refractivity (Wildman–Crippen MR) is 84.1 cm³/mol. The Labute approximate surface area is 123 Å². The lowest BCUT2D eigenvalue weighted by Gasteiger charge is -2.04. The van der Waals surface area contributed by atoms with Crippen molar-refractivity contribution < 1.29 is 13.7 Å². The number of thiophene rings is 1. The molecule has 0 bridgehead atoms. The molecule has 108 valence electrons. The summed E-state index contributed by atoms with van der Waals surface area (Å²) in [4.78, 5) is 12.6. The van der Waals surface area contributed by atoms with Crippen LogP contribution in [0.5, 0.6) is 5.75 Å². The Bertz CT molecular complexity index is 667. The van der Waals surface area contributed by atoms with E-state index in [0.717, 1.165) is 10.1 Å². The predicted octanol–water partition coefficient (Wildman–Crippen LogP) is 1.60. The van der Waals surface area contributed by atoms with E-state index in [-0.39, 0.29) is 5.91 Å². The lowest BCUT2D eigenvalue weighted by Crippen LogP contribution is -2.27. The third kappa shape index (κ3) is 2.94. The molecule has 20 heavy (non-hydrogen) atoms. The first-order chi connectivity index (χ1) is 9.54. The van der Waals surface area contributed by atoms with Gasteiger partial charge in [-0.2, -0.15) is 0 Å². The molecule has 0 aliphatic carbocycles. The normalized spacial score (nSPS) is 12.3. The second-order valence-corrected chi connectivity index (χ2v) is 6.82. The van der Waals surface area contributed by atoms with E-state index in [2.05, 4.69) is 5.32 Å². The highest BCUT2D eigenvalue weighted by Crippen LogP contribution is 2.39. The van der Waals surface area contributed by atoms with E-state index >= 15 is 0 Å². The smallest absolute Gasteiger partial charge is 0.263 e. The SMILES string of the molecule is COc1cccc2sc(C(=O)NCCS(C)=O)c(N)c12. The van der Waals surface area contributed by atoms with Crippen LogP contribution in [0.1, 0.15) is 9.67 Å². The molecule has 1 aromatic heterocycles. The fourth-order valence-corrected chi connectivity index (χ4v) is 3.31. The Morgan fingerprint density at radius 3 is 2.90 bits per heavy atom. The second kappa shape index (κ2) is 6.23. The zero-order valence-corrected chi connectivity index (χ0v) is 12.9. The van der Waals surface area contributed by atoms with Crippen molar-refractivity contribution >= 4 is 43.8 Å². The minimum Gasteiger partial charge on any atom is -0.496 e. The van der Waals surface area contributed by atoms with Gasteiger partial charge in [-0.05, 0) is 12.1 Å². The lowest BCUT2D eigenvalue weighted by atomic mass is 10.2. The molecule has 0 aliphatic rings. The number of rotatable bonds is 5. The van der Waals surface area contributed by atoms with Crippen molar-refractivity contribution in [2.75, 3.05) is 31.4 Å². The molecule has 1 atom stereocenters. The third-order valence-electron chi connectivity index (χ3n) is 2.82. The van der Waals surface area contributed by atoms with Crippen LogP contribution < -0.4 is 15.8 Å². The molecular weight excluding hydrogens is 296 g/mol. The van der Waals surface area contributed by atoms with Crippen LogP contribution in [-0.4, -0.2) is 35.8 Å². The minimum atomic E-state index is -0.926. The van der Waals surface area contributed by atoms with Crippen LogP contribution in [0.25, 0.3) is 10.1 Å². The van der Waals surface area contributed by atoms with Crippen molar-refractivity contribution in [2.45, 2.75) is 0 Å². The van der Waals surface area contributed by atoms with Crippen molar-refractivity contribution in [1.82, 2.24) is 5.32 Å². The highest BCUT2D eigenvalue weighted by molar-refractivity contribution is 7.84. The maximum Gasteiger partial charge on any atom is 0.263 e. The second-order valence-electron chi connectivity index (χ2n) is 4.21. The summed E-state index contributed by atoms with van der Waals surface area (Å²) in [6, 6.07) is 5.57. The van der Waals surface area contributed by atoms with Crippen molar-refractivity contribution in [2.24, 2.45) is 0 Å². The van der Waals surface area contributed by atoms with Crippen molar-refractivity contribution in [1.29, 1.82) is 0 Å². The largest absolute Gasteiger partial charge is 0.496 e. The van der Waals surface area contributed by atoms with Crippen LogP contribution in [0.3, 0.4) is 0 Å². The third-order valence-corrected chi connectivity index (χ3v) is 4.76. The molecule has 7 heteroatoms. The molecule has 0 saturated heterocycles. The topological polar surface area (TPSA) is 81.4 Å². The molecule has 0 spiro atoms. The molecular formula is C13H16N2O3S2. The van der Waals surface area contributed by atoms with Gasteiger partial charge in [-0.3, -0.25) is 9.00 Å². The van der Waals surface area contributed by atoms with E-state index in [1.165, 1.54) is 11.3 Å². The number of amides is 1. The maximum absolute atomic E-state index is 12.1.